The number of carbonyl (C=O) groups is 2. The van der Waals surface area contributed by atoms with Crippen molar-refractivity contribution >= 4 is 12.1 Å². The summed E-state index contributed by atoms with van der Waals surface area (Å²) in [7, 11) is 2.86. The van der Waals surface area contributed by atoms with E-state index in [9.17, 15) is 19.2 Å². The van der Waals surface area contributed by atoms with Crippen LogP contribution in [0.25, 0.3) is 0 Å². The zero-order valence-electron chi connectivity index (χ0n) is 19.0. The van der Waals surface area contributed by atoms with Crippen LogP contribution in [0.4, 0.5) is 4.79 Å². The van der Waals surface area contributed by atoms with Gasteiger partial charge in [0.2, 0.25) is 0 Å². The number of esters is 1. The van der Waals surface area contributed by atoms with Gasteiger partial charge in [-0.25, -0.2) is 14.4 Å². The van der Waals surface area contributed by atoms with Crippen LogP contribution in [0, 0.1) is 0 Å². The Morgan fingerprint density at radius 3 is 2.59 bits per heavy atom. The normalized spacial score (nSPS) is 16.2. The highest BCUT2D eigenvalue weighted by Crippen LogP contribution is 2.35. The Balaban J connectivity index is 1.92. The molecule has 1 aromatic carbocycles. The standard InChI is InChI=1S/C23H29N3O6/c1-23(2,3)32-21(29)24-17(20(28)31-5)13-14-7-6-8-16-15(14)9-10-18(16)26-19(27)11-12-25(4)22(26)30/h6-8,11-12,17-18H,9-10,13H2,1-5H3,(H,24,29)/t17-,18?/m0/s1. The molecule has 1 unspecified atom stereocenters. The number of nitrogens with one attached hydrogen (secondary N) is 1. The van der Waals surface area contributed by atoms with E-state index < -0.39 is 23.7 Å². The van der Waals surface area contributed by atoms with E-state index in [4.69, 9.17) is 9.47 Å². The lowest BCUT2D eigenvalue weighted by Crippen LogP contribution is -2.45. The molecular weight excluding hydrogens is 414 g/mol. The number of rotatable bonds is 5. The molecule has 0 spiro atoms. The van der Waals surface area contributed by atoms with Gasteiger partial charge in [-0.15, -0.1) is 0 Å². The molecule has 0 aliphatic heterocycles. The molecule has 172 valence electrons. The van der Waals surface area contributed by atoms with Gasteiger partial charge in [0.05, 0.1) is 13.2 Å². The van der Waals surface area contributed by atoms with E-state index in [0.29, 0.717) is 12.8 Å². The summed E-state index contributed by atoms with van der Waals surface area (Å²) < 4.78 is 12.8. The fourth-order valence-electron chi connectivity index (χ4n) is 4.04. The second-order valence-corrected chi connectivity index (χ2v) is 8.88. The van der Waals surface area contributed by atoms with E-state index in [0.717, 1.165) is 16.7 Å². The highest BCUT2D eigenvalue weighted by molar-refractivity contribution is 5.81. The van der Waals surface area contributed by atoms with Gasteiger partial charge in [0.25, 0.3) is 5.56 Å². The number of aryl methyl sites for hydroxylation is 1. The second kappa shape index (κ2) is 9.02. The molecule has 0 radical (unpaired) electrons. The molecule has 9 nitrogen and oxygen atoms in total. The Morgan fingerprint density at radius 1 is 1.22 bits per heavy atom. The summed E-state index contributed by atoms with van der Waals surface area (Å²) in [6.07, 6.45) is 2.17. The number of carbonyl (C=O) groups excluding carboxylic acids is 2. The number of aromatic nitrogens is 2. The summed E-state index contributed by atoms with van der Waals surface area (Å²) >= 11 is 0. The van der Waals surface area contributed by atoms with E-state index in [1.54, 1.807) is 27.8 Å². The number of ether oxygens (including phenoxy) is 2. The summed E-state index contributed by atoms with van der Waals surface area (Å²) in [5, 5.41) is 2.59. The lowest BCUT2D eigenvalue weighted by molar-refractivity contribution is -0.143. The quantitative estimate of drug-likeness (QED) is 0.705. The van der Waals surface area contributed by atoms with Crippen molar-refractivity contribution in [2.75, 3.05) is 7.11 Å². The number of nitrogens with zero attached hydrogens (tertiary/aromatic N) is 2. The third kappa shape index (κ3) is 4.92. The lowest BCUT2D eigenvalue weighted by Gasteiger charge is -2.23. The lowest BCUT2D eigenvalue weighted by atomic mass is 9.96. The van der Waals surface area contributed by atoms with Gasteiger partial charge in [-0.1, -0.05) is 18.2 Å². The monoisotopic (exact) mass is 443 g/mol. The van der Waals surface area contributed by atoms with Crippen LogP contribution in [0.1, 0.15) is 49.9 Å². The summed E-state index contributed by atoms with van der Waals surface area (Å²) in [4.78, 5) is 49.6. The van der Waals surface area contributed by atoms with Crippen LogP contribution in [0.2, 0.25) is 0 Å². The number of fused-ring (bicyclic) bond motifs is 1. The molecule has 32 heavy (non-hydrogen) atoms. The molecule has 1 aromatic heterocycles. The van der Waals surface area contributed by atoms with Crippen molar-refractivity contribution in [3.05, 3.63) is 68.0 Å². The highest BCUT2D eigenvalue weighted by Gasteiger charge is 2.31. The minimum atomic E-state index is -0.937. The van der Waals surface area contributed by atoms with Crippen molar-refractivity contribution in [1.29, 1.82) is 0 Å². The number of amides is 1. The summed E-state index contributed by atoms with van der Waals surface area (Å²) in [5.74, 6) is -0.587. The first-order valence-electron chi connectivity index (χ1n) is 10.5. The minimum absolute atomic E-state index is 0.198. The van der Waals surface area contributed by atoms with Crippen LogP contribution in [0.3, 0.4) is 0 Å². The number of methoxy groups -OCH3 is 1. The maximum absolute atomic E-state index is 12.6. The molecular formula is C23H29N3O6. The van der Waals surface area contributed by atoms with Crippen molar-refractivity contribution in [3.63, 3.8) is 0 Å². The highest BCUT2D eigenvalue weighted by atomic mass is 16.6. The Morgan fingerprint density at radius 2 is 1.94 bits per heavy atom. The second-order valence-electron chi connectivity index (χ2n) is 8.88. The molecule has 1 heterocycles. The maximum Gasteiger partial charge on any atom is 0.408 e. The molecule has 1 aliphatic carbocycles. The van der Waals surface area contributed by atoms with Crippen LogP contribution in [0.15, 0.2) is 40.1 Å². The maximum atomic E-state index is 12.6. The molecule has 0 saturated carbocycles. The summed E-state index contributed by atoms with van der Waals surface area (Å²) in [6.45, 7) is 5.21. The largest absolute Gasteiger partial charge is 0.467 e. The average Bonchev–Trinajstić information content (AvgIpc) is 3.13. The fraction of sp³-hybridized carbons (Fsp3) is 0.478. The van der Waals surface area contributed by atoms with E-state index in [1.165, 1.54) is 28.5 Å². The topological polar surface area (TPSA) is 109 Å². The minimum Gasteiger partial charge on any atom is -0.467 e. The van der Waals surface area contributed by atoms with Crippen LogP contribution in [0.5, 0.6) is 0 Å². The van der Waals surface area contributed by atoms with E-state index in [-0.39, 0.29) is 23.7 Å². The predicted molar refractivity (Wildman–Crippen MR) is 118 cm³/mol. The first kappa shape index (κ1) is 23.3. The molecule has 1 N–H and O–H groups in total. The molecule has 1 aliphatic rings. The fourth-order valence-corrected chi connectivity index (χ4v) is 4.04. The first-order chi connectivity index (χ1) is 15.0. The Labute approximate surface area is 186 Å². The molecule has 9 heteroatoms. The molecule has 2 atom stereocenters. The molecule has 1 amide bonds. The zero-order valence-corrected chi connectivity index (χ0v) is 19.0. The van der Waals surface area contributed by atoms with Crippen LogP contribution >= 0.6 is 0 Å². The van der Waals surface area contributed by atoms with Gasteiger partial charge < -0.3 is 19.4 Å². The molecule has 2 aromatic rings. The number of alkyl carbamates (subject to hydrolysis) is 1. The SMILES string of the molecule is COC(=O)[C@H](Cc1cccc2c1CCC2n1c(=O)ccn(C)c1=O)NC(=O)OC(C)(C)C. The summed E-state index contributed by atoms with van der Waals surface area (Å²) in [5.41, 5.74) is 1.25. The third-order valence-electron chi connectivity index (χ3n) is 5.43. The van der Waals surface area contributed by atoms with Gasteiger partial charge in [-0.3, -0.25) is 9.36 Å². The zero-order chi connectivity index (χ0) is 23.6. The van der Waals surface area contributed by atoms with Crippen LogP contribution < -0.4 is 16.6 Å². The smallest absolute Gasteiger partial charge is 0.408 e. The summed E-state index contributed by atoms with van der Waals surface area (Å²) in [6, 6.07) is 5.65. The molecule has 0 bridgehead atoms. The Hall–Kier alpha value is -3.36. The number of hydrogen-bond acceptors (Lipinski definition) is 6. The van der Waals surface area contributed by atoms with Gasteiger partial charge in [0.15, 0.2) is 0 Å². The van der Waals surface area contributed by atoms with Crippen molar-refractivity contribution < 1.29 is 19.1 Å². The van der Waals surface area contributed by atoms with Crippen molar-refractivity contribution in [2.45, 2.75) is 57.7 Å². The van der Waals surface area contributed by atoms with Gasteiger partial charge >= 0.3 is 17.8 Å². The van der Waals surface area contributed by atoms with E-state index >= 15 is 0 Å². The van der Waals surface area contributed by atoms with Crippen LogP contribution in [-0.4, -0.2) is 39.9 Å². The molecule has 3 rings (SSSR count). The van der Waals surface area contributed by atoms with Gasteiger partial charge in [-0.2, -0.15) is 0 Å². The van der Waals surface area contributed by atoms with Gasteiger partial charge in [-0.05, 0) is 50.3 Å². The van der Waals surface area contributed by atoms with Gasteiger partial charge in [0.1, 0.15) is 11.6 Å². The first-order valence-corrected chi connectivity index (χ1v) is 10.5. The van der Waals surface area contributed by atoms with Crippen LogP contribution in [-0.2, 0) is 34.2 Å². The predicted octanol–water partition coefficient (Wildman–Crippen LogP) is 1.69. The Kier molecular flexibility index (Phi) is 6.57. The van der Waals surface area contributed by atoms with E-state index in [2.05, 4.69) is 5.32 Å². The average molecular weight is 444 g/mol. The number of benzene rings is 1. The molecule has 0 fully saturated rings. The van der Waals surface area contributed by atoms with E-state index in [1.807, 2.05) is 18.2 Å². The van der Waals surface area contributed by atoms with Crippen molar-refractivity contribution in [3.8, 4) is 0 Å². The molecule has 0 saturated heterocycles. The van der Waals surface area contributed by atoms with Crippen molar-refractivity contribution in [1.82, 2.24) is 14.5 Å². The van der Waals surface area contributed by atoms with Crippen molar-refractivity contribution in [2.24, 2.45) is 7.05 Å². The van der Waals surface area contributed by atoms with Gasteiger partial charge in [0, 0.05) is 25.7 Å². The number of hydrogen-bond donors (Lipinski definition) is 1. The Bertz CT molecular complexity index is 1140. The third-order valence-corrected chi connectivity index (χ3v) is 5.43.